The lowest BCUT2D eigenvalue weighted by molar-refractivity contribution is -0.133. The molecule has 0 heterocycles. The number of amides is 2. The molecule has 1 rings (SSSR count). The summed E-state index contributed by atoms with van der Waals surface area (Å²) in [6.07, 6.45) is 0. The Morgan fingerprint density at radius 2 is 1.95 bits per heavy atom. The molecule has 4 nitrogen and oxygen atoms in total. The maximum absolute atomic E-state index is 13.4. The number of nitrogens with zero attached hydrogens (tertiary/aromatic N) is 1. The number of halogens is 1. The first kappa shape index (κ1) is 15.1. The van der Waals surface area contributed by atoms with Crippen molar-refractivity contribution in [1.29, 1.82) is 0 Å². The van der Waals surface area contributed by atoms with Crippen LogP contribution in [0.25, 0.3) is 0 Å². The van der Waals surface area contributed by atoms with Crippen molar-refractivity contribution in [2.45, 2.75) is 20.8 Å². The summed E-state index contributed by atoms with van der Waals surface area (Å²) in [6, 6.07) is 5.93. The van der Waals surface area contributed by atoms with Crippen LogP contribution < -0.4 is 5.32 Å². The largest absolute Gasteiger partial charge is 0.333 e. The fourth-order valence-electron chi connectivity index (χ4n) is 1.67. The summed E-state index contributed by atoms with van der Waals surface area (Å²) in [5.41, 5.74) is 0.126. The quantitative estimate of drug-likeness (QED) is 0.888. The van der Waals surface area contributed by atoms with Gasteiger partial charge in [-0.2, -0.15) is 0 Å². The fourth-order valence-corrected chi connectivity index (χ4v) is 1.67. The molecule has 1 N–H and O–H groups in total. The first-order valence-corrected chi connectivity index (χ1v) is 6.20. The van der Waals surface area contributed by atoms with Crippen molar-refractivity contribution < 1.29 is 14.0 Å². The lowest BCUT2D eigenvalue weighted by Crippen LogP contribution is -2.38. The monoisotopic (exact) mass is 266 g/mol. The first-order chi connectivity index (χ1) is 8.90. The molecule has 0 aliphatic heterocycles. The summed E-state index contributed by atoms with van der Waals surface area (Å²) < 4.78 is 13.4. The molecular weight excluding hydrogens is 247 g/mol. The van der Waals surface area contributed by atoms with Crippen molar-refractivity contribution >= 4 is 17.5 Å². The number of para-hydroxylation sites is 1. The van der Waals surface area contributed by atoms with E-state index in [1.54, 1.807) is 12.1 Å². The van der Waals surface area contributed by atoms with E-state index in [1.165, 1.54) is 24.0 Å². The Balaban J connectivity index is 2.63. The number of hydrogen-bond acceptors (Lipinski definition) is 2. The van der Waals surface area contributed by atoms with E-state index in [0.29, 0.717) is 6.54 Å². The molecule has 0 saturated carbocycles. The van der Waals surface area contributed by atoms with E-state index in [4.69, 9.17) is 0 Å². The van der Waals surface area contributed by atoms with Gasteiger partial charge in [0.1, 0.15) is 5.82 Å². The van der Waals surface area contributed by atoms with Crippen LogP contribution >= 0.6 is 0 Å². The normalized spacial score (nSPS) is 10.4. The maximum atomic E-state index is 13.4. The van der Waals surface area contributed by atoms with Gasteiger partial charge in [0, 0.05) is 13.5 Å². The molecule has 0 atom stereocenters. The number of hydrogen-bond donors (Lipinski definition) is 1. The van der Waals surface area contributed by atoms with Gasteiger partial charge >= 0.3 is 0 Å². The van der Waals surface area contributed by atoms with Gasteiger partial charge in [0.15, 0.2) is 0 Å². The second-order valence-electron chi connectivity index (χ2n) is 4.82. The van der Waals surface area contributed by atoms with Crippen LogP contribution in [0, 0.1) is 11.7 Å². The van der Waals surface area contributed by atoms with Gasteiger partial charge in [-0.3, -0.25) is 9.59 Å². The zero-order chi connectivity index (χ0) is 14.4. The molecule has 0 aromatic heterocycles. The molecule has 0 unspecified atom stereocenters. The number of nitrogens with one attached hydrogen (secondary N) is 1. The maximum Gasteiger partial charge on any atom is 0.244 e. The van der Waals surface area contributed by atoms with Gasteiger partial charge in [-0.15, -0.1) is 0 Å². The lowest BCUT2D eigenvalue weighted by atomic mass is 10.2. The van der Waals surface area contributed by atoms with E-state index >= 15 is 0 Å². The summed E-state index contributed by atoms with van der Waals surface area (Å²) in [7, 11) is 0. The molecule has 1 aromatic rings. The van der Waals surface area contributed by atoms with Gasteiger partial charge in [0.25, 0.3) is 0 Å². The van der Waals surface area contributed by atoms with Gasteiger partial charge in [-0.1, -0.05) is 26.0 Å². The highest BCUT2D eigenvalue weighted by atomic mass is 19.1. The van der Waals surface area contributed by atoms with Crippen molar-refractivity contribution in [2.24, 2.45) is 5.92 Å². The Bertz CT molecular complexity index is 461. The minimum atomic E-state index is -0.492. The van der Waals surface area contributed by atoms with Gasteiger partial charge < -0.3 is 10.2 Å². The van der Waals surface area contributed by atoms with Crippen LogP contribution in [0.15, 0.2) is 24.3 Å². The Morgan fingerprint density at radius 3 is 2.47 bits per heavy atom. The number of rotatable bonds is 5. The standard InChI is InChI=1S/C14H19FN2O2/c1-10(2)8-17(11(3)18)9-14(19)16-13-7-5-4-6-12(13)15/h4-7,10H,8-9H2,1-3H3,(H,16,19). The molecular formula is C14H19FN2O2. The Morgan fingerprint density at radius 1 is 1.32 bits per heavy atom. The van der Waals surface area contributed by atoms with E-state index in [-0.39, 0.29) is 24.1 Å². The second kappa shape index (κ2) is 6.87. The molecule has 0 fully saturated rings. The van der Waals surface area contributed by atoms with Gasteiger partial charge in [-0.25, -0.2) is 4.39 Å². The smallest absolute Gasteiger partial charge is 0.244 e. The van der Waals surface area contributed by atoms with E-state index < -0.39 is 11.7 Å². The first-order valence-electron chi connectivity index (χ1n) is 6.20. The highest BCUT2D eigenvalue weighted by Gasteiger charge is 2.15. The highest BCUT2D eigenvalue weighted by Crippen LogP contribution is 2.12. The van der Waals surface area contributed by atoms with Gasteiger partial charge in [-0.05, 0) is 18.1 Å². The SMILES string of the molecule is CC(=O)N(CC(=O)Nc1ccccc1F)CC(C)C. The van der Waals surface area contributed by atoms with Crippen molar-refractivity contribution in [2.75, 3.05) is 18.4 Å². The third-order valence-electron chi connectivity index (χ3n) is 2.51. The Hall–Kier alpha value is -1.91. The average Bonchev–Trinajstić information content (AvgIpc) is 2.30. The van der Waals surface area contributed by atoms with E-state index in [0.717, 1.165) is 0 Å². The van der Waals surface area contributed by atoms with Crippen LogP contribution in [0.5, 0.6) is 0 Å². The van der Waals surface area contributed by atoms with Crippen LogP contribution in [0.4, 0.5) is 10.1 Å². The minimum absolute atomic E-state index is 0.0676. The molecule has 1 aromatic carbocycles. The van der Waals surface area contributed by atoms with Gasteiger partial charge in [0.2, 0.25) is 11.8 Å². The van der Waals surface area contributed by atoms with Crippen molar-refractivity contribution in [3.05, 3.63) is 30.1 Å². The third-order valence-corrected chi connectivity index (χ3v) is 2.51. The summed E-state index contributed by atoms with van der Waals surface area (Å²) in [6.45, 7) is 5.77. The Labute approximate surface area is 112 Å². The van der Waals surface area contributed by atoms with E-state index in [1.807, 2.05) is 13.8 Å². The molecule has 19 heavy (non-hydrogen) atoms. The predicted octanol–water partition coefficient (Wildman–Crippen LogP) is 2.27. The van der Waals surface area contributed by atoms with E-state index in [2.05, 4.69) is 5.32 Å². The summed E-state index contributed by atoms with van der Waals surface area (Å²) in [5, 5.41) is 2.46. The second-order valence-corrected chi connectivity index (χ2v) is 4.82. The zero-order valence-electron chi connectivity index (χ0n) is 11.4. The zero-order valence-corrected chi connectivity index (χ0v) is 11.4. The van der Waals surface area contributed by atoms with Crippen LogP contribution in [-0.2, 0) is 9.59 Å². The van der Waals surface area contributed by atoms with Crippen LogP contribution in [0.1, 0.15) is 20.8 Å². The van der Waals surface area contributed by atoms with E-state index in [9.17, 15) is 14.0 Å². The topological polar surface area (TPSA) is 49.4 Å². The van der Waals surface area contributed by atoms with Crippen LogP contribution in [0.3, 0.4) is 0 Å². The highest BCUT2D eigenvalue weighted by molar-refractivity contribution is 5.94. The molecule has 0 saturated heterocycles. The molecule has 0 aliphatic rings. The van der Waals surface area contributed by atoms with Crippen molar-refractivity contribution in [3.63, 3.8) is 0 Å². The number of benzene rings is 1. The number of anilines is 1. The molecule has 5 heteroatoms. The van der Waals surface area contributed by atoms with Crippen LogP contribution in [0.2, 0.25) is 0 Å². The van der Waals surface area contributed by atoms with Gasteiger partial charge in [0.05, 0.1) is 12.2 Å². The molecule has 0 spiro atoms. The average molecular weight is 266 g/mol. The fraction of sp³-hybridized carbons (Fsp3) is 0.429. The Kier molecular flexibility index (Phi) is 5.48. The third kappa shape index (κ3) is 5.07. The summed E-state index contributed by atoms with van der Waals surface area (Å²) >= 11 is 0. The number of carbonyl (C=O) groups is 2. The minimum Gasteiger partial charge on any atom is -0.333 e. The molecule has 2 amide bonds. The predicted molar refractivity (Wildman–Crippen MR) is 72.1 cm³/mol. The molecule has 0 bridgehead atoms. The van der Waals surface area contributed by atoms with Crippen molar-refractivity contribution in [1.82, 2.24) is 4.90 Å². The molecule has 104 valence electrons. The lowest BCUT2D eigenvalue weighted by Gasteiger charge is -2.22. The molecule has 0 radical (unpaired) electrons. The summed E-state index contributed by atoms with van der Waals surface area (Å²) in [5.74, 6) is -0.794. The van der Waals surface area contributed by atoms with Crippen LogP contribution in [-0.4, -0.2) is 29.8 Å². The van der Waals surface area contributed by atoms with Crippen molar-refractivity contribution in [3.8, 4) is 0 Å². The molecule has 0 aliphatic carbocycles. The summed E-state index contributed by atoms with van der Waals surface area (Å²) in [4.78, 5) is 24.6. The number of carbonyl (C=O) groups excluding carboxylic acids is 2.